The highest BCUT2D eigenvalue weighted by molar-refractivity contribution is 7.10. The van der Waals surface area contributed by atoms with E-state index in [0.717, 1.165) is 22.9 Å². The summed E-state index contributed by atoms with van der Waals surface area (Å²) in [5.74, 6) is 0. The van der Waals surface area contributed by atoms with Crippen molar-refractivity contribution >= 4 is 22.3 Å². The second-order valence-electron chi connectivity index (χ2n) is 7.01. The molecule has 1 N–H and O–H groups in total. The van der Waals surface area contributed by atoms with E-state index in [1.165, 1.54) is 16.0 Å². The van der Waals surface area contributed by atoms with Gasteiger partial charge in [-0.25, -0.2) is 4.79 Å². The zero-order chi connectivity index (χ0) is 19.5. The Hall–Kier alpha value is -2.69. The molecule has 28 heavy (non-hydrogen) atoms. The minimum absolute atomic E-state index is 0.0813. The molecule has 0 unspecified atom stereocenters. The van der Waals surface area contributed by atoms with Crippen LogP contribution in [0, 0.1) is 6.92 Å². The topological polar surface area (TPSA) is 42.2 Å². The number of aryl methyl sites for hydroxylation is 2. The molecule has 0 saturated heterocycles. The molecule has 0 radical (unpaired) electrons. The first-order chi connectivity index (χ1) is 13.6. The van der Waals surface area contributed by atoms with Gasteiger partial charge in [0.1, 0.15) is 5.58 Å². The Labute approximate surface area is 168 Å². The minimum atomic E-state index is -0.305. The van der Waals surface area contributed by atoms with Crippen molar-refractivity contribution in [1.29, 1.82) is 0 Å². The Morgan fingerprint density at radius 1 is 1.07 bits per heavy atom. The van der Waals surface area contributed by atoms with Crippen LogP contribution < -0.4 is 10.9 Å². The molecule has 2 heterocycles. The van der Waals surface area contributed by atoms with Gasteiger partial charge in [-0.3, -0.25) is 0 Å². The van der Waals surface area contributed by atoms with Crippen LogP contribution >= 0.6 is 11.3 Å². The summed E-state index contributed by atoms with van der Waals surface area (Å²) in [7, 11) is 0. The van der Waals surface area contributed by atoms with Gasteiger partial charge in [-0.2, -0.15) is 0 Å². The summed E-state index contributed by atoms with van der Waals surface area (Å²) >= 11 is 1.73. The molecule has 4 aromatic rings. The van der Waals surface area contributed by atoms with E-state index >= 15 is 0 Å². The van der Waals surface area contributed by atoms with Gasteiger partial charge < -0.3 is 9.73 Å². The number of rotatable bonds is 6. The summed E-state index contributed by atoms with van der Waals surface area (Å²) in [5.41, 5.74) is 4.94. The van der Waals surface area contributed by atoms with E-state index in [9.17, 15) is 4.79 Å². The normalized spacial score (nSPS) is 12.4. The molecule has 1 atom stereocenters. The Kier molecular flexibility index (Phi) is 5.42. The van der Waals surface area contributed by atoms with E-state index in [2.05, 4.69) is 73.1 Å². The lowest BCUT2D eigenvalue weighted by atomic mass is 10.0. The summed E-state index contributed by atoms with van der Waals surface area (Å²) in [6, 6.07) is 20.6. The molecule has 0 aliphatic carbocycles. The van der Waals surface area contributed by atoms with Crippen molar-refractivity contribution in [2.75, 3.05) is 0 Å². The van der Waals surface area contributed by atoms with E-state index < -0.39 is 0 Å². The van der Waals surface area contributed by atoms with Crippen molar-refractivity contribution in [3.63, 3.8) is 0 Å². The largest absolute Gasteiger partial charge is 0.423 e. The molecule has 0 saturated carbocycles. The average Bonchev–Trinajstić information content (AvgIpc) is 3.23. The Bertz CT molecular complexity index is 1130. The number of hydrogen-bond donors (Lipinski definition) is 1. The Morgan fingerprint density at radius 3 is 2.61 bits per heavy atom. The van der Waals surface area contributed by atoms with Crippen LogP contribution in [0.15, 0.2) is 75.3 Å². The van der Waals surface area contributed by atoms with Crippen LogP contribution in [0.2, 0.25) is 0 Å². The maximum absolute atomic E-state index is 12.1. The highest BCUT2D eigenvalue weighted by Crippen LogP contribution is 2.27. The van der Waals surface area contributed by atoms with Crippen LogP contribution in [-0.2, 0) is 13.0 Å². The summed E-state index contributed by atoms with van der Waals surface area (Å²) in [5, 5.41) is 6.73. The SMILES string of the molecule is CCc1ccc2c(CN[C@@H](c3ccc(C)cc3)c3cccs3)cc(=O)oc2c1. The van der Waals surface area contributed by atoms with Crippen molar-refractivity contribution in [3.05, 3.63) is 104 Å². The smallest absolute Gasteiger partial charge is 0.336 e. The van der Waals surface area contributed by atoms with Gasteiger partial charge in [-0.05, 0) is 47.5 Å². The zero-order valence-corrected chi connectivity index (χ0v) is 16.9. The van der Waals surface area contributed by atoms with Crippen LogP contribution in [0.5, 0.6) is 0 Å². The van der Waals surface area contributed by atoms with E-state index in [-0.39, 0.29) is 11.7 Å². The predicted molar refractivity (Wildman–Crippen MR) is 116 cm³/mol. The van der Waals surface area contributed by atoms with Gasteiger partial charge in [0.2, 0.25) is 0 Å². The maximum Gasteiger partial charge on any atom is 0.336 e. The summed E-state index contributed by atoms with van der Waals surface area (Å²) < 4.78 is 5.44. The predicted octanol–water partition coefficient (Wildman–Crippen LogP) is 5.60. The fraction of sp³-hybridized carbons (Fsp3) is 0.208. The first-order valence-electron chi connectivity index (χ1n) is 9.53. The van der Waals surface area contributed by atoms with E-state index in [0.29, 0.717) is 12.1 Å². The molecule has 0 amide bonds. The standard InChI is InChI=1S/C24H23NO2S/c1-3-17-8-11-20-19(14-23(26)27-21(20)13-17)15-25-24(22-5-4-12-28-22)18-9-6-16(2)7-10-18/h4-14,24-25H,3,15H2,1-2H3/t24-/m0/s1. The molecule has 2 aromatic heterocycles. The van der Waals surface area contributed by atoms with Gasteiger partial charge in [0, 0.05) is 22.9 Å². The molecule has 3 nitrogen and oxygen atoms in total. The first-order valence-corrected chi connectivity index (χ1v) is 10.4. The third kappa shape index (κ3) is 3.93. The summed E-state index contributed by atoms with van der Waals surface area (Å²) in [6.07, 6.45) is 0.913. The molecule has 0 spiro atoms. The third-order valence-corrected chi connectivity index (χ3v) is 5.98. The number of hydrogen-bond acceptors (Lipinski definition) is 4. The van der Waals surface area contributed by atoms with Crippen LogP contribution in [0.1, 0.15) is 40.1 Å². The van der Waals surface area contributed by atoms with Crippen LogP contribution in [0.4, 0.5) is 0 Å². The number of fused-ring (bicyclic) bond motifs is 1. The molecule has 0 aliphatic heterocycles. The van der Waals surface area contributed by atoms with Gasteiger partial charge in [0.25, 0.3) is 0 Å². The van der Waals surface area contributed by atoms with Gasteiger partial charge in [0.15, 0.2) is 0 Å². The Morgan fingerprint density at radius 2 is 1.89 bits per heavy atom. The van der Waals surface area contributed by atoms with Crippen molar-refractivity contribution in [2.24, 2.45) is 0 Å². The lowest BCUT2D eigenvalue weighted by molar-refractivity contribution is 0.553. The van der Waals surface area contributed by atoms with Crippen molar-refractivity contribution in [2.45, 2.75) is 32.9 Å². The van der Waals surface area contributed by atoms with Crippen LogP contribution in [-0.4, -0.2) is 0 Å². The Balaban J connectivity index is 1.67. The highest BCUT2D eigenvalue weighted by atomic mass is 32.1. The van der Waals surface area contributed by atoms with Crippen molar-refractivity contribution in [3.8, 4) is 0 Å². The molecule has 0 fully saturated rings. The van der Waals surface area contributed by atoms with Gasteiger partial charge in [-0.15, -0.1) is 11.3 Å². The van der Waals surface area contributed by atoms with Crippen LogP contribution in [0.3, 0.4) is 0 Å². The quantitative estimate of drug-likeness (QED) is 0.436. The fourth-order valence-electron chi connectivity index (χ4n) is 3.45. The van der Waals surface area contributed by atoms with E-state index in [4.69, 9.17) is 4.42 Å². The second kappa shape index (κ2) is 8.13. The monoisotopic (exact) mass is 389 g/mol. The molecule has 2 aromatic carbocycles. The minimum Gasteiger partial charge on any atom is -0.423 e. The summed E-state index contributed by atoms with van der Waals surface area (Å²) in [4.78, 5) is 13.3. The van der Waals surface area contributed by atoms with Crippen LogP contribution in [0.25, 0.3) is 11.0 Å². The lowest BCUT2D eigenvalue weighted by Crippen LogP contribution is -2.22. The molecule has 4 heteroatoms. The van der Waals surface area contributed by atoms with Gasteiger partial charge >= 0.3 is 5.63 Å². The molecular formula is C24H23NO2S. The lowest BCUT2D eigenvalue weighted by Gasteiger charge is -2.19. The molecule has 0 bridgehead atoms. The molecule has 4 rings (SSSR count). The number of thiophene rings is 1. The van der Waals surface area contributed by atoms with Gasteiger partial charge in [-0.1, -0.05) is 55.0 Å². The van der Waals surface area contributed by atoms with Crippen molar-refractivity contribution in [1.82, 2.24) is 5.32 Å². The summed E-state index contributed by atoms with van der Waals surface area (Å²) in [6.45, 7) is 4.78. The molecule has 142 valence electrons. The number of nitrogens with one attached hydrogen (secondary N) is 1. The number of benzene rings is 2. The van der Waals surface area contributed by atoms with Crippen molar-refractivity contribution < 1.29 is 4.42 Å². The molecular weight excluding hydrogens is 366 g/mol. The average molecular weight is 390 g/mol. The van der Waals surface area contributed by atoms with E-state index in [1.54, 1.807) is 17.4 Å². The third-order valence-electron chi connectivity index (χ3n) is 5.04. The first kappa shape index (κ1) is 18.7. The fourth-order valence-corrected chi connectivity index (χ4v) is 4.28. The zero-order valence-electron chi connectivity index (χ0n) is 16.1. The molecule has 0 aliphatic rings. The van der Waals surface area contributed by atoms with Gasteiger partial charge in [0.05, 0.1) is 6.04 Å². The van der Waals surface area contributed by atoms with E-state index in [1.807, 2.05) is 6.07 Å². The maximum atomic E-state index is 12.1. The second-order valence-corrected chi connectivity index (χ2v) is 7.99. The highest BCUT2D eigenvalue weighted by Gasteiger charge is 2.16.